The van der Waals surface area contributed by atoms with Crippen LogP contribution in [0.5, 0.6) is 0 Å². The van der Waals surface area contributed by atoms with E-state index in [-0.39, 0.29) is 17.4 Å². The Labute approximate surface area is 187 Å². The first-order chi connectivity index (χ1) is 15.1. The second-order valence-electron chi connectivity index (χ2n) is 7.38. The molecular formula is C22H26N4O5S. The van der Waals surface area contributed by atoms with Gasteiger partial charge in [-0.3, -0.25) is 4.79 Å². The van der Waals surface area contributed by atoms with Gasteiger partial charge in [0.25, 0.3) is 5.91 Å². The smallest absolute Gasteiger partial charge is 0.328 e. The molecule has 0 saturated heterocycles. The van der Waals surface area contributed by atoms with Crippen molar-refractivity contribution < 1.29 is 22.7 Å². The maximum absolute atomic E-state index is 12.4. The Morgan fingerprint density at radius 3 is 2.47 bits per heavy atom. The van der Waals surface area contributed by atoms with Crippen LogP contribution in [0.2, 0.25) is 0 Å². The van der Waals surface area contributed by atoms with Gasteiger partial charge in [-0.1, -0.05) is 18.2 Å². The summed E-state index contributed by atoms with van der Waals surface area (Å²) in [7, 11) is -0.661. The first kappa shape index (κ1) is 23.4. The number of rotatable bonds is 8. The summed E-state index contributed by atoms with van der Waals surface area (Å²) in [5, 5.41) is 2.61. The summed E-state index contributed by atoms with van der Waals surface area (Å²) in [6.45, 7) is 3.91. The number of ether oxygens (including phenoxy) is 1. The van der Waals surface area contributed by atoms with Crippen LogP contribution in [0, 0.1) is 0 Å². The molecule has 32 heavy (non-hydrogen) atoms. The average molecular weight is 459 g/mol. The molecule has 0 spiro atoms. The SMILES string of the molecule is CCn1c(COC(=O)C(C)NC(=O)c2ccccc2)nc2cc(S(=O)(=O)N(C)C)ccc21. The first-order valence-electron chi connectivity index (χ1n) is 10.1. The summed E-state index contributed by atoms with van der Waals surface area (Å²) in [6, 6.07) is 12.5. The molecule has 1 amide bonds. The van der Waals surface area contributed by atoms with E-state index in [0.717, 1.165) is 9.82 Å². The second-order valence-corrected chi connectivity index (χ2v) is 9.53. The number of aryl methyl sites for hydroxylation is 1. The Morgan fingerprint density at radius 2 is 1.84 bits per heavy atom. The lowest BCUT2D eigenvalue weighted by molar-refractivity contribution is -0.147. The standard InChI is InChI=1S/C22H26N4O5S/c1-5-26-19-12-11-17(32(29,30)25(3)4)13-18(19)24-20(26)14-31-22(28)15(2)23-21(27)16-9-7-6-8-10-16/h6-13,15H,5,14H2,1-4H3,(H,23,27). The molecular weight excluding hydrogens is 432 g/mol. The van der Waals surface area contributed by atoms with E-state index in [0.29, 0.717) is 23.4 Å². The van der Waals surface area contributed by atoms with Gasteiger partial charge in [-0.25, -0.2) is 22.5 Å². The molecule has 0 aliphatic carbocycles. The fraction of sp³-hybridized carbons (Fsp3) is 0.318. The second kappa shape index (κ2) is 9.49. The molecule has 3 rings (SSSR count). The largest absolute Gasteiger partial charge is 0.456 e. The highest BCUT2D eigenvalue weighted by Crippen LogP contribution is 2.22. The molecule has 1 heterocycles. The van der Waals surface area contributed by atoms with Gasteiger partial charge < -0.3 is 14.6 Å². The summed E-state index contributed by atoms with van der Waals surface area (Å²) in [5.41, 5.74) is 1.68. The van der Waals surface area contributed by atoms with Crippen molar-refractivity contribution in [3.63, 3.8) is 0 Å². The third-order valence-electron chi connectivity index (χ3n) is 4.97. The van der Waals surface area contributed by atoms with Crippen molar-refractivity contribution in [3.8, 4) is 0 Å². The van der Waals surface area contributed by atoms with Crippen molar-refractivity contribution in [2.75, 3.05) is 14.1 Å². The zero-order valence-corrected chi connectivity index (χ0v) is 19.2. The van der Waals surface area contributed by atoms with E-state index < -0.39 is 22.0 Å². The summed E-state index contributed by atoms with van der Waals surface area (Å²) >= 11 is 0. The molecule has 0 radical (unpaired) electrons. The van der Waals surface area contributed by atoms with Crippen molar-refractivity contribution >= 4 is 32.9 Å². The number of amides is 1. The van der Waals surface area contributed by atoms with E-state index in [4.69, 9.17) is 4.74 Å². The fourth-order valence-electron chi connectivity index (χ4n) is 3.18. The summed E-state index contributed by atoms with van der Waals surface area (Å²) < 4.78 is 33.2. The minimum Gasteiger partial charge on any atom is -0.456 e. The number of hydrogen-bond donors (Lipinski definition) is 1. The van der Waals surface area contributed by atoms with E-state index in [9.17, 15) is 18.0 Å². The summed E-state index contributed by atoms with van der Waals surface area (Å²) in [6.07, 6.45) is 0. The van der Waals surface area contributed by atoms with Crippen molar-refractivity contribution in [1.29, 1.82) is 0 Å². The van der Waals surface area contributed by atoms with Crippen LogP contribution in [0.25, 0.3) is 11.0 Å². The maximum Gasteiger partial charge on any atom is 0.328 e. The van der Waals surface area contributed by atoms with Crippen molar-refractivity contribution in [2.24, 2.45) is 0 Å². The van der Waals surface area contributed by atoms with Crippen LogP contribution in [0.3, 0.4) is 0 Å². The number of nitrogens with one attached hydrogen (secondary N) is 1. The van der Waals surface area contributed by atoms with Gasteiger partial charge in [-0.2, -0.15) is 0 Å². The lowest BCUT2D eigenvalue weighted by Crippen LogP contribution is -2.39. The van der Waals surface area contributed by atoms with Crippen LogP contribution in [-0.4, -0.2) is 54.3 Å². The van der Waals surface area contributed by atoms with Gasteiger partial charge in [0.15, 0.2) is 0 Å². The monoisotopic (exact) mass is 458 g/mol. The number of sulfonamides is 1. The van der Waals surface area contributed by atoms with Crippen LogP contribution in [0.1, 0.15) is 30.0 Å². The van der Waals surface area contributed by atoms with Crippen LogP contribution in [0.4, 0.5) is 0 Å². The van der Waals surface area contributed by atoms with Crippen LogP contribution in [-0.2, 0) is 32.7 Å². The third-order valence-corrected chi connectivity index (χ3v) is 6.79. The molecule has 170 valence electrons. The van der Waals surface area contributed by atoms with Crippen LogP contribution >= 0.6 is 0 Å². The van der Waals surface area contributed by atoms with E-state index in [1.165, 1.54) is 26.2 Å². The van der Waals surface area contributed by atoms with Gasteiger partial charge in [0.1, 0.15) is 18.5 Å². The molecule has 3 aromatic rings. The van der Waals surface area contributed by atoms with E-state index >= 15 is 0 Å². The number of nitrogens with zero attached hydrogens (tertiary/aromatic N) is 3. The number of carbonyl (C=O) groups excluding carboxylic acids is 2. The molecule has 0 saturated carbocycles. The number of aromatic nitrogens is 2. The average Bonchev–Trinajstić information content (AvgIpc) is 3.14. The molecule has 1 aromatic heterocycles. The topological polar surface area (TPSA) is 111 Å². The van der Waals surface area contributed by atoms with Crippen molar-refractivity contribution in [3.05, 3.63) is 59.9 Å². The molecule has 9 nitrogen and oxygen atoms in total. The molecule has 0 aliphatic heterocycles. The Kier molecular flexibility index (Phi) is 6.95. The first-order valence-corrected chi connectivity index (χ1v) is 11.5. The predicted octanol–water partition coefficient (Wildman–Crippen LogP) is 2.17. The molecule has 1 N–H and O–H groups in total. The van der Waals surface area contributed by atoms with Gasteiger partial charge in [0, 0.05) is 26.2 Å². The number of hydrogen-bond acceptors (Lipinski definition) is 6. The van der Waals surface area contributed by atoms with Gasteiger partial charge in [0.05, 0.1) is 15.9 Å². The zero-order chi connectivity index (χ0) is 23.5. The molecule has 10 heteroatoms. The lowest BCUT2D eigenvalue weighted by atomic mass is 10.2. The summed E-state index contributed by atoms with van der Waals surface area (Å²) in [5.74, 6) is -0.484. The van der Waals surface area contributed by atoms with E-state index in [1.807, 2.05) is 11.5 Å². The molecule has 0 bridgehead atoms. The van der Waals surface area contributed by atoms with Gasteiger partial charge in [0.2, 0.25) is 10.0 Å². The van der Waals surface area contributed by atoms with Crippen molar-refractivity contribution in [2.45, 2.75) is 37.9 Å². The Hall–Kier alpha value is -3.24. The Bertz CT molecular complexity index is 1240. The highest BCUT2D eigenvalue weighted by atomic mass is 32.2. The Balaban J connectivity index is 1.73. The molecule has 0 fully saturated rings. The lowest BCUT2D eigenvalue weighted by Gasteiger charge is -2.14. The normalized spacial score (nSPS) is 12.7. The maximum atomic E-state index is 12.4. The number of esters is 1. The van der Waals surface area contributed by atoms with Gasteiger partial charge >= 0.3 is 5.97 Å². The number of carbonyl (C=O) groups is 2. The van der Waals surface area contributed by atoms with E-state index in [1.54, 1.807) is 43.3 Å². The molecule has 1 unspecified atom stereocenters. The predicted molar refractivity (Wildman–Crippen MR) is 119 cm³/mol. The minimum absolute atomic E-state index is 0.108. The summed E-state index contributed by atoms with van der Waals surface area (Å²) in [4.78, 5) is 29.2. The fourth-order valence-corrected chi connectivity index (χ4v) is 4.11. The number of fused-ring (bicyclic) bond motifs is 1. The van der Waals surface area contributed by atoms with Crippen LogP contribution in [0.15, 0.2) is 53.4 Å². The number of imidazole rings is 1. The molecule has 2 aromatic carbocycles. The van der Waals surface area contributed by atoms with Crippen molar-refractivity contribution in [1.82, 2.24) is 19.2 Å². The van der Waals surface area contributed by atoms with E-state index in [2.05, 4.69) is 10.3 Å². The zero-order valence-electron chi connectivity index (χ0n) is 18.4. The highest BCUT2D eigenvalue weighted by Gasteiger charge is 2.21. The van der Waals surface area contributed by atoms with Crippen LogP contribution < -0.4 is 5.32 Å². The molecule has 0 aliphatic rings. The highest BCUT2D eigenvalue weighted by molar-refractivity contribution is 7.89. The number of benzene rings is 2. The quantitative estimate of drug-likeness (QED) is 0.518. The minimum atomic E-state index is -3.59. The third kappa shape index (κ3) is 4.81. The van der Waals surface area contributed by atoms with Gasteiger partial charge in [-0.15, -0.1) is 0 Å². The Morgan fingerprint density at radius 1 is 1.16 bits per heavy atom. The van der Waals surface area contributed by atoms with Gasteiger partial charge in [-0.05, 0) is 44.2 Å². The molecule has 1 atom stereocenters.